The van der Waals surface area contributed by atoms with Gasteiger partial charge in [0, 0.05) is 34.8 Å². The highest BCUT2D eigenvalue weighted by Gasteiger charge is 2.24. The maximum Gasteiger partial charge on any atom is 0.326 e. The van der Waals surface area contributed by atoms with Crippen LogP contribution in [0.15, 0.2) is 73.1 Å². The van der Waals surface area contributed by atoms with Gasteiger partial charge in [0.15, 0.2) is 5.82 Å². The number of hydrogen-bond acceptors (Lipinski definition) is 5. The van der Waals surface area contributed by atoms with E-state index in [2.05, 4.69) is 67.2 Å². The molecular formula is C36H41N3O3S. The van der Waals surface area contributed by atoms with Gasteiger partial charge in [-0.1, -0.05) is 82.6 Å². The van der Waals surface area contributed by atoms with Crippen molar-refractivity contribution in [1.82, 2.24) is 15.3 Å². The van der Waals surface area contributed by atoms with Gasteiger partial charge in [0.05, 0.1) is 4.88 Å². The van der Waals surface area contributed by atoms with Crippen LogP contribution in [0, 0.1) is 5.92 Å². The lowest BCUT2D eigenvalue weighted by molar-refractivity contribution is -0.139. The molecule has 4 aromatic rings. The van der Waals surface area contributed by atoms with Gasteiger partial charge in [-0.3, -0.25) is 4.79 Å². The number of aromatic nitrogens is 2. The van der Waals surface area contributed by atoms with Crippen LogP contribution in [0.1, 0.15) is 91.4 Å². The van der Waals surface area contributed by atoms with E-state index in [1.165, 1.54) is 49.0 Å². The van der Waals surface area contributed by atoms with E-state index >= 15 is 0 Å². The number of nitrogens with zero attached hydrogens (tertiary/aromatic N) is 2. The number of nitrogens with one attached hydrogen (secondary N) is 1. The fraction of sp³-hybridized carbons (Fsp3) is 0.389. The van der Waals surface area contributed by atoms with Crippen LogP contribution in [0.3, 0.4) is 0 Å². The minimum Gasteiger partial charge on any atom is -0.480 e. The summed E-state index contributed by atoms with van der Waals surface area (Å²) in [6.07, 6.45) is 10.4. The van der Waals surface area contributed by atoms with E-state index in [9.17, 15) is 14.7 Å². The van der Waals surface area contributed by atoms with Crippen molar-refractivity contribution in [2.24, 2.45) is 5.92 Å². The van der Waals surface area contributed by atoms with Crippen LogP contribution in [0.5, 0.6) is 0 Å². The molecular weight excluding hydrogens is 554 g/mol. The first-order valence-corrected chi connectivity index (χ1v) is 16.1. The molecule has 2 heterocycles. The third-order valence-corrected chi connectivity index (χ3v) is 10.1. The van der Waals surface area contributed by atoms with Gasteiger partial charge in [0.25, 0.3) is 5.91 Å². The van der Waals surface area contributed by atoms with E-state index in [1.807, 2.05) is 42.7 Å². The number of carboxylic acids is 1. The van der Waals surface area contributed by atoms with Crippen LogP contribution in [0.2, 0.25) is 0 Å². The van der Waals surface area contributed by atoms with Crippen molar-refractivity contribution in [2.45, 2.75) is 83.6 Å². The number of hydrogen-bond donors (Lipinski definition) is 2. The molecule has 0 bridgehead atoms. The Kier molecular flexibility index (Phi) is 9.40. The Hall–Kier alpha value is -3.84. The summed E-state index contributed by atoms with van der Waals surface area (Å²) in [4.78, 5) is 35.6. The first-order valence-electron chi connectivity index (χ1n) is 15.3. The summed E-state index contributed by atoms with van der Waals surface area (Å²) in [5.41, 5.74) is 5.09. The molecule has 1 fully saturated rings. The fourth-order valence-electron chi connectivity index (χ4n) is 5.80. The minimum absolute atomic E-state index is 0.0697. The van der Waals surface area contributed by atoms with Crippen molar-refractivity contribution in [1.29, 1.82) is 0 Å². The monoisotopic (exact) mass is 595 g/mol. The summed E-state index contributed by atoms with van der Waals surface area (Å²) in [5.74, 6) is 0.737. The summed E-state index contributed by atoms with van der Waals surface area (Å²) < 4.78 is 0. The first kappa shape index (κ1) is 30.6. The summed E-state index contributed by atoms with van der Waals surface area (Å²) >= 11 is 1.40. The Labute approximate surface area is 258 Å². The molecule has 1 amide bonds. The van der Waals surface area contributed by atoms with Crippen LogP contribution in [0.25, 0.3) is 22.5 Å². The van der Waals surface area contributed by atoms with Crippen LogP contribution in [0.4, 0.5) is 0 Å². The highest BCUT2D eigenvalue weighted by Crippen LogP contribution is 2.37. The second-order valence-electron chi connectivity index (χ2n) is 12.7. The fourth-order valence-corrected chi connectivity index (χ4v) is 6.76. The predicted molar refractivity (Wildman–Crippen MR) is 174 cm³/mol. The summed E-state index contributed by atoms with van der Waals surface area (Å²) in [5, 5.41) is 12.5. The van der Waals surface area contributed by atoms with Crippen LogP contribution < -0.4 is 5.32 Å². The predicted octanol–water partition coefficient (Wildman–Crippen LogP) is 8.28. The molecule has 7 heteroatoms. The van der Waals surface area contributed by atoms with Gasteiger partial charge in [0.2, 0.25) is 0 Å². The molecule has 6 nitrogen and oxygen atoms in total. The number of carbonyl (C=O) groups is 2. The molecule has 0 spiro atoms. The molecule has 1 aliphatic rings. The average Bonchev–Trinajstić information content (AvgIpc) is 3.53. The van der Waals surface area contributed by atoms with Gasteiger partial charge >= 0.3 is 5.97 Å². The van der Waals surface area contributed by atoms with Gasteiger partial charge in [-0.05, 0) is 71.8 Å². The third kappa shape index (κ3) is 7.57. The van der Waals surface area contributed by atoms with Crippen LogP contribution in [-0.4, -0.2) is 33.0 Å². The molecule has 0 saturated heterocycles. The maximum absolute atomic E-state index is 12.8. The lowest BCUT2D eigenvalue weighted by Gasteiger charge is -2.28. The number of thiophene rings is 1. The number of rotatable bonds is 9. The highest BCUT2D eigenvalue weighted by atomic mass is 32.1. The second kappa shape index (κ2) is 13.2. The van der Waals surface area contributed by atoms with Gasteiger partial charge in [-0.2, -0.15) is 0 Å². The molecule has 1 aliphatic carbocycles. The van der Waals surface area contributed by atoms with Gasteiger partial charge < -0.3 is 10.4 Å². The quantitative estimate of drug-likeness (QED) is 0.203. The SMILES string of the molecule is CC[C@H]1CC[C@H](c2ccc(-c3cnc(-c4ccc(C[C@H](NC(=O)c5ccc(C(C)(C)C)s5)C(=O)O)cc4)nc3)cc2)CC1. The van der Waals surface area contributed by atoms with Gasteiger partial charge in [0.1, 0.15) is 6.04 Å². The van der Waals surface area contributed by atoms with Gasteiger partial charge in [-0.15, -0.1) is 11.3 Å². The Morgan fingerprint density at radius 3 is 2.07 bits per heavy atom. The Balaban J connectivity index is 1.19. The first-order chi connectivity index (χ1) is 20.6. The summed E-state index contributed by atoms with van der Waals surface area (Å²) in [7, 11) is 0. The highest BCUT2D eigenvalue weighted by molar-refractivity contribution is 7.14. The number of aliphatic carboxylic acids is 1. The van der Waals surface area contributed by atoms with E-state index in [4.69, 9.17) is 0 Å². The zero-order chi connectivity index (χ0) is 30.6. The van der Waals surface area contributed by atoms with Crippen molar-refractivity contribution in [3.05, 3.63) is 93.9 Å². The minimum atomic E-state index is -1.07. The molecule has 1 saturated carbocycles. The molecule has 2 aromatic heterocycles. The normalized spacial score (nSPS) is 17.8. The number of benzene rings is 2. The lowest BCUT2D eigenvalue weighted by Crippen LogP contribution is -2.42. The molecule has 1 atom stereocenters. The molecule has 0 unspecified atom stereocenters. The van der Waals surface area contributed by atoms with Crippen molar-refractivity contribution >= 4 is 23.2 Å². The summed E-state index contributed by atoms with van der Waals surface area (Å²) in [6.45, 7) is 8.55. The second-order valence-corrected chi connectivity index (χ2v) is 13.8. The Morgan fingerprint density at radius 1 is 0.884 bits per heavy atom. The van der Waals surface area contributed by atoms with E-state index in [1.54, 1.807) is 6.07 Å². The van der Waals surface area contributed by atoms with E-state index in [0.717, 1.165) is 33.0 Å². The van der Waals surface area contributed by atoms with Crippen LogP contribution in [-0.2, 0) is 16.6 Å². The molecule has 224 valence electrons. The molecule has 5 rings (SSSR count). The maximum atomic E-state index is 12.8. The number of carboxylic acid groups (broad SMARTS) is 1. The van der Waals surface area contributed by atoms with Crippen LogP contribution >= 0.6 is 11.3 Å². The van der Waals surface area contributed by atoms with E-state index in [-0.39, 0.29) is 17.7 Å². The lowest BCUT2D eigenvalue weighted by atomic mass is 9.78. The van der Waals surface area contributed by atoms with E-state index < -0.39 is 12.0 Å². The molecule has 0 radical (unpaired) electrons. The standard InChI is InChI=1S/C36H41N3O3S/c1-5-23-6-10-25(11-7-23)26-14-16-27(17-15-26)29-21-37-33(38-22-29)28-12-8-24(9-13-28)20-30(35(41)42)39-34(40)31-18-19-32(43-31)36(2,3)4/h8-9,12-19,21-23,25,30H,5-7,10-11,20H2,1-4H3,(H,39,40)(H,41,42)/t23-,25-,30-/m0/s1. The molecule has 2 N–H and O–H groups in total. The number of amides is 1. The molecule has 0 aliphatic heterocycles. The van der Waals surface area contributed by atoms with Gasteiger partial charge in [-0.25, -0.2) is 14.8 Å². The topological polar surface area (TPSA) is 92.2 Å². The Bertz CT molecular complexity index is 1530. The van der Waals surface area contributed by atoms with E-state index in [0.29, 0.717) is 16.6 Å². The molecule has 2 aromatic carbocycles. The largest absolute Gasteiger partial charge is 0.480 e. The number of carbonyl (C=O) groups excluding carboxylic acids is 1. The van der Waals surface area contributed by atoms with Crippen molar-refractivity contribution < 1.29 is 14.7 Å². The Morgan fingerprint density at radius 2 is 1.51 bits per heavy atom. The van der Waals surface area contributed by atoms with Crippen molar-refractivity contribution in [3.63, 3.8) is 0 Å². The zero-order valence-corrected chi connectivity index (χ0v) is 26.3. The summed E-state index contributed by atoms with van der Waals surface area (Å²) in [6, 6.07) is 19.0. The van der Waals surface area contributed by atoms with Crippen molar-refractivity contribution in [3.8, 4) is 22.5 Å². The third-order valence-electron chi connectivity index (χ3n) is 8.62. The smallest absolute Gasteiger partial charge is 0.326 e. The molecule has 43 heavy (non-hydrogen) atoms. The average molecular weight is 596 g/mol. The zero-order valence-electron chi connectivity index (χ0n) is 25.5. The van der Waals surface area contributed by atoms with Crippen molar-refractivity contribution in [2.75, 3.05) is 0 Å².